The van der Waals surface area contributed by atoms with Gasteiger partial charge in [0, 0.05) is 12.6 Å². The number of hydrogen-bond acceptors (Lipinski definition) is 2. The van der Waals surface area contributed by atoms with Gasteiger partial charge >= 0.3 is 0 Å². The predicted octanol–water partition coefficient (Wildman–Crippen LogP) is 4.26. The average molecular weight is 307 g/mol. The summed E-state index contributed by atoms with van der Waals surface area (Å²) in [6, 6.07) is 0.936. The van der Waals surface area contributed by atoms with Gasteiger partial charge in [0.05, 0.1) is 0 Å². The zero-order chi connectivity index (χ0) is 15.5. The zero-order valence-corrected chi connectivity index (χ0v) is 15.3. The van der Waals surface area contributed by atoms with E-state index in [-0.39, 0.29) is 0 Å². The number of rotatable bonds is 5. The maximum Gasteiger partial charge on any atom is 0.0101 e. The predicted molar refractivity (Wildman–Crippen MR) is 95.1 cm³/mol. The summed E-state index contributed by atoms with van der Waals surface area (Å²) >= 11 is 0. The SMILES string of the molecule is CCC1CCN(CC2CC(N3CCC(C(C)C)CC3)C2)CC1. The molecule has 0 unspecified atom stereocenters. The van der Waals surface area contributed by atoms with Crippen LogP contribution in [0.1, 0.15) is 65.7 Å². The Kier molecular flexibility index (Phi) is 5.84. The lowest BCUT2D eigenvalue weighted by Crippen LogP contribution is -2.51. The van der Waals surface area contributed by atoms with Crippen LogP contribution in [0.4, 0.5) is 0 Å². The molecule has 0 aromatic carbocycles. The van der Waals surface area contributed by atoms with Gasteiger partial charge in [-0.25, -0.2) is 0 Å². The summed E-state index contributed by atoms with van der Waals surface area (Å²) in [5.74, 6) is 3.91. The maximum absolute atomic E-state index is 2.82. The Hall–Kier alpha value is -0.0800. The molecular formula is C20H38N2. The molecular weight excluding hydrogens is 268 g/mol. The number of piperidine rings is 2. The van der Waals surface area contributed by atoms with Crippen molar-refractivity contribution in [3.05, 3.63) is 0 Å². The first-order chi connectivity index (χ1) is 10.7. The highest BCUT2D eigenvalue weighted by Crippen LogP contribution is 2.36. The standard InChI is InChI=1S/C20H38N2/c1-4-17-5-9-21(10-6-17)15-18-13-20(14-18)22-11-7-19(8-12-22)16(2)3/h16-20H,4-15H2,1-3H3. The summed E-state index contributed by atoms with van der Waals surface area (Å²) in [5.41, 5.74) is 0. The zero-order valence-electron chi connectivity index (χ0n) is 15.3. The molecule has 2 aliphatic heterocycles. The molecule has 1 saturated carbocycles. The van der Waals surface area contributed by atoms with Gasteiger partial charge in [0.25, 0.3) is 0 Å². The maximum atomic E-state index is 2.82. The van der Waals surface area contributed by atoms with Crippen LogP contribution in [0.5, 0.6) is 0 Å². The summed E-state index contributed by atoms with van der Waals surface area (Å²) < 4.78 is 0. The van der Waals surface area contributed by atoms with E-state index in [1.165, 1.54) is 77.7 Å². The van der Waals surface area contributed by atoms with Crippen LogP contribution in [-0.2, 0) is 0 Å². The topological polar surface area (TPSA) is 6.48 Å². The summed E-state index contributed by atoms with van der Waals surface area (Å²) in [4.78, 5) is 5.58. The van der Waals surface area contributed by atoms with Crippen molar-refractivity contribution < 1.29 is 0 Å². The third-order valence-corrected chi connectivity index (χ3v) is 7.05. The van der Waals surface area contributed by atoms with E-state index in [2.05, 4.69) is 30.6 Å². The van der Waals surface area contributed by atoms with Gasteiger partial charge in [0.2, 0.25) is 0 Å². The van der Waals surface area contributed by atoms with Crippen molar-refractivity contribution in [2.45, 2.75) is 71.8 Å². The number of nitrogens with zero attached hydrogens (tertiary/aromatic N) is 2. The molecule has 3 fully saturated rings. The Morgan fingerprint density at radius 2 is 1.50 bits per heavy atom. The highest BCUT2D eigenvalue weighted by molar-refractivity contribution is 4.91. The molecule has 3 aliphatic rings. The molecule has 0 N–H and O–H groups in total. The molecule has 0 aromatic heterocycles. The fourth-order valence-corrected chi connectivity index (χ4v) is 5.04. The van der Waals surface area contributed by atoms with Crippen molar-refractivity contribution in [1.82, 2.24) is 9.80 Å². The largest absolute Gasteiger partial charge is 0.303 e. The summed E-state index contributed by atoms with van der Waals surface area (Å²) in [5, 5.41) is 0. The van der Waals surface area contributed by atoms with Gasteiger partial charge in [-0.1, -0.05) is 27.2 Å². The van der Waals surface area contributed by atoms with Crippen LogP contribution in [0, 0.1) is 23.7 Å². The van der Waals surface area contributed by atoms with Crippen LogP contribution in [-0.4, -0.2) is 48.6 Å². The first-order valence-electron chi connectivity index (χ1n) is 10.1. The third-order valence-electron chi connectivity index (χ3n) is 7.05. The molecule has 0 aromatic rings. The van der Waals surface area contributed by atoms with Crippen molar-refractivity contribution in [3.8, 4) is 0 Å². The highest BCUT2D eigenvalue weighted by atomic mass is 15.2. The lowest BCUT2D eigenvalue weighted by atomic mass is 9.77. The minimum Gasteiger partial charge on any atom is -0.303 e. The molecule has 22 heavy (non-hydrogen) atoms. The minimum atomic E-state index is 0.891. The third kappa shape index (κ3) is 4.06. The molecule has 2 heterocycles. The van der Waals surface area contributed by atoms with Gasteiger partial charge in [0.15, 0.2) is 0 Å². The van der Waals surface area contributed by atoms with Crippen LogP contribution in [0.15, 0.2) is 0 Å². The van der Waals surface area contributed by atoms with Gasteiger partial charge in [0.1, 0.15) is 0 Å². The second-order valence-electron chi connectivity index (χ2n) is 8.76. The number of hydrogen-bond donors (Lipinski definition) is 0. The average Bonchev–Trinajstić information content (AvgIpc) is 2.51. The van der Waals surface area contributed by atoms with E-state index in [9.17, 15) is 0 Å². The van der Waals surface area contributed by atoms with E-state index in [1.807, 2.05) is 0 Å². The molecule has 2 heteroatoms. The summed E-state index contributed by atoms with van der Waals surface area (Å²) in [7, 11) is 0. The van der Waals surface area contributed by atoms with E-state index >= 15 is 0 Å². The monoisotopic (exact) mass is 306 g/mol. The Morgan fingerprint density at radius 1 is 0.864 bits per heavy atom. The summed E-state index contributed by atoms with van der Waals surface area (Å²) in [6.45, 7) is 14.1. The van der Waals surface area contributed by atoms with Crippen molar-refractivity contribution >= 4 is 0 Å². The van der Waals surface area contributed by atoms with Gasteiger partial charge < -0.3 is 9.80 Å². The molecule has 2 nitrogen and oxygen atoms in total. The van der Waals surface area contributed by atoms with Crippen molar-refractivity contribution in [2.24, 2.45) is 23.7 Å². The Labute approximate surface area is 138 Å². The molecule has 0 spiro atoms. The Morgan fingerprint density at radius 3 is 2.05 bits per heavy atom. The fraction of sp³-hybridized carbons (Fsp3) is 1.00. The molecule has 3 rings (SSSR count). The highest BCUT2D eigenvalue weighted by Gasteiger charge is 2.36. The molecule has 0 bridgehead atoms. The number of likely N-dealkylation sites (tertiary alicyclic amines) is 2. The molecule has 0 atom stereocenters. The fourth-order valence-electron chi connectivity index (χ4n) is 5.04. The van der Waals surface area contributed by atoms with Crippen LogP contribution in [0.2, 0.25) is 0 Å². The lowest BCUT2D eigenvalue weighted by Gasteiger charge is -2.48. The van der Waals surface area contributed by atoms with E-state index in [1.54, 1.807) is 0 Å². The van der Waals surface area contributed by atoms with Crippen molar-refractivity contribution in [3.63, 3.8) is 0 Å². The first kappa shape index (κ1) is 16.8. The normalized spacial score (nSPS) is 33.3. The molecule has 2 saturated heterocycles. The van der Waals surface area contributed by atoms with E-state index in [4.69, 9.17) is 0 Å². The van der Waals surface area contributed by atoms with E-state index < -0.39 is 0 Å². The van der Waals surface area contributed by atoms with Crippen LogP contribution < -0.4 is 0 Å². The Balaban J connectivity index is 1.32. The molecule has 128 valence electrons. The summed E-state index contributed by atoms with van der Waals surface area (Å²) in [6.07, 6.45) is 10.2. The van der Waals surface area contributed by atoms with Crippen LogP contribution >= 0.6 is 0 Å². The minimum absolute atomic E-state index is 0.891. The van der Waals surface area contributed by atoms with Crippen molar-refractivity contribution in [1.29, 1.82) is 0 Å². The van der Waals surface area contributed by atoms with E-state index in [0.717, 1.165) is 29.7 Å². The quantitative estimate of drug-likeness (QED) is 0.749. The molecule has 1 aliphatic carbocycles. The second kappa shape index (κ2) is 7.66. The van der Waals surface area contributed by atoms with Gasteiger partial charge in [-0.05, 0) is 88.4 Å². The molecule has 0 radical (unpaired) electrons. The smallest absolute Gasteiger partial charge is 0.0101 e. The van der Waals surface area contributed by atoms with Crippen molar-refractivity contribution in [2.75, 3.05) is 32.7 Å². The van der Waals surface area contributed by atoms with Crippen LogP contribution in [0.3, 0.4) is 0 Å². The first-order valence-corrected chi connectivity index (χ1v) is 10.1. The van der Waals surface area contributed by atoms with E-state index in [0.29, 0.717) is 0 Å². The van der Waals surface area contributed by atoms with Gasteiger partial charge in [-0.15, -0.1) is 0 Å². The second-order valence-corrected chi connectivity index (χ2v) is 8.76. The Bertz CT molecular complexity index is 319. The lowest BCUT2D eigenvalue weighted by molar-refractivity contribution is 0.0227. The van der Waals surface area contributed by atoms with Gasteiger partial charge in [-0.2, -0.15) is 0 Å². The molecule has 0 amide bonds. The van der Waals surface area contributed by atoms with Gasteiger partial charge in [-0.3, -0.25) is 0 Å². The van der Waals surface area contributed by atoms with Crippen LogP contribution in [0.25, 0.3) is 0 Å².